The first kappa shape index (κ1) is 26.1. The highest BCUT2D eigenvalue weighted by Gasteiger charge is 2.32. The topological polar surface area (TPSA) is 82.5 Å². The fraction of sp³-hybridized carbons (Fsp3) is 0.323. The number of rotatable bonds is 10. The normalized spacial score (nSPS) is 16.0. The molecule has 0 bridgehead atoms. The molecule has 1 amide bonds. The lowest BCUT2D eigenvalue weighted by Gasteiger charge is -2.20. The number of ether oxygens (including phenoxy) is 4. The van der Waals surface area contributed by atoms with Crippen molar-refractivity contribution in [2.75, 3.05) is 34.0 Å². The van der Waals surface area contributed by atoms with E-state index in [9.17, 15) is 4.79 Å². The Bertz CT molecular complexity index is 1530. The number of aliphatic imine (C=N–C) groups is 1. The van der Waals surface area contributed by atoms with E-state index in [1.807, 2.05) is 47.5 Å². The maximum absolute atomic E-state index is 13.0. The molecule has 2 aliphatic rings. The second-order valence-corrected chi connectivity index (χ2v) is 10.8. The van der Waals surface area contributed by atoms with E-state index >= 15 is 0 Å². The third kappa shape index (κ3) is 5.21. The molecule has 3 aromatic carbocycles. The maximum atomic E-state index is 13.0. The predicted octanol–water partition coefficient (Wildman–Crippen LogP) is 6.54. The molecular formula is C31H31N3O5S. The molecule has 206 valence electrons. The molecule has 3 heterocycles. The van der Waals surface area contributed by atoms with E-state index in [4.69, 9.17) is 23.9 Å². The molecule has 1 aromatic heterocycles. The number of methoxy groups -OCH3 is 2. The zero-order valence-electron chi connectivity index (χ0n) is 22.6. The third-order valence-electron chi connectivity index (χ3n) is 7.22. The first-order valence-corrected chi connectivity index (χ1v) is 14.3. The average molecular weight is 558 g/mol. The predicted molar refractivity (Wildman–Crippen MR) is 157 cm³/mol. The molecule has 40 heavy (non-hydrogen) atoms. The minimum absolute atomic E-state index is 0.000499. The molecule has 9 heteroatoms. The molecule has 0 spiro atoms. The quantitative estimate of drug-likeness (QED) is 0.206. The van der Waals surface area contributed by atoms with Gasteiger partial charge in [0.1, 0.15) is 5.01 Å². The van der Waals surface area contributed by atoms with E-state index in [1.54, 1.807) is 37.7 Å². The molecule has 2 aliphatic heterocycles. The van der Waals surface area contributed by atoms with Crippen LogP contribution in [0.25, 0.3) is 20.8 Å². The minimum Gasteiger partial charge on any atom is -0.493 e. The summed E-state index contributed by atoms with van der Waals surface area (Å²) in [5.74, 6) is 2.50. The number of benzene rings is 3. The van der Waals surface area contributed by atoms with Gasteiger partial charge in [0.2, 0.25) is 0 Å². The summed E-state index contributed by atoms with van der Waals surface area (Å²) in [6.45, 7) is 1.77. The number of carbonyl (C=O) groups excluding carboxylic acids is 1. The Morgan fingerprint density at radius 1 is 0.925 bits per heavy atom. The summed E-state index contributed by atoms with van der Waals surface area (Å²) in [6.07, 6.45) is 5.41. The van der Waals surface area contributed by atoms with Crippen molar-refractivity contribution in [1.29, 1.82) is 0 Å². The van der Waals surface area contributed by atoms with Gasteiger partial charge in [-0.15, -0.1) is 11.3 Å². The number of para-hydroxylation sites is 1. The van der Waals surface area contributed by atoms with E-state index < -0.39 is 0 Å². The molecule has 0 aliphatic carbocycles. The van der Waals surface area contributed by atoms with E-state index in [0.717, 1.165) is 53.0 Å². The minimum atomic E-state index is 0.000499. The third-order valence-corrected chi connectivity index (χ3v) is 8.30. The van der Waals surface area contributed by atoms with E-state index in [-0.39, 0.29) is 11.9 Å². The van der Waals surface area contributed by atoms with Gasteiger partial charge in [-0.2, -0.15) is 0 Å². The molecule has 1 atom stereocenters. The van der Waals surface area contributed by atoms with Crippen LogP contribution in [0.1, 0.15) is 36.0 Å². The Balaban J connectivity index is 1.04. The van der Waals surface area contributed by atoms with E-state index in [1.165, 1.54) is 0 Å². The van der Waals surface area contributed by atoms with Crippen LogP contribution >= 0.6 is 11.3 Å². The molecule has 6 rings (SSSR count). The van der Waals surface area contributed by atoms with Crippen LogP contribution in [-0.4, -0.2) is 62.0 Å². The monoisotopic (exact) mass is 557 g/mol. The van der Waals surface area contributed by atoms with Crippen molar-refractivity contribution in [3.05, 3.63) is 60.2 Å². The van der Waals surface area contributed by atoms with Gasteiger partial charge in [0.05, 0.1) is 54.9 Å². The number of unbranched alkanes of at least 4 members (excludes halogenated alkanes) is 1. The molecule has 8 nitrogen and oxygen atoms in total. The van der Waals surface area contributed by atoms with Crippen molar-refractivity contribution in [3.63, 3.8) is 0 Å². The number of fused-ring (bicyclic) bond motifs is 3. The first-order chi connectivity index (χ1) is 19.6. The molecule has 1 fully saturated rings. The van der Waals surface area contributed by atoms with Gasteiger partial charge in [-0.1, -0.05) is 12.1 Å². The first-order valence-electron chi connectivity index (χ1n) is 13.5. The van der Waals surface area contributed by atoms with Gasteiger partial charge in [-0.05, 0) is 62.1 Å². The summed E-state index contributed by atoms with van der Waals surface area (Å²) >= 11 is 1.66. The van der Waals surface area contributed by atoms with Gasteiger partial charge in [0.15, 0.2) is 23.0 Å². The lowest BCUT2D eigenvalue weighted by molar-refractivity contribution is 0.0774. The zero-order valence-corrected chi connectivity index (χ0v) is 23.4. The van der Waals surface area contributed by atoms with E-state index in [0.29, 0.717) is 47.5 Å². The molecular weight excluding hydrogens is 526 g/mol. The maximum Gasteiger partial charge on any atom is 0.256 e. The zero-order chi connectivity index (χ0) is 27.5. The molecule has 0 unspecified atom stereocenters. The van der Waals surface area contributed by atoms with Crippen LogP contribution < -0.4 is 18.9 Å². The van der Waals surface area contributed by atoms with Gasteiger partial charge < -0.3 is 23.8 Å². The van der Waals surface area contributed by atoms with Crippen molar-refractivity contribution >= 4 is 39.4 Å². The highest BCUT2D eigenvalue weighted by atomic mass is 32.1. The molecule has 0 radical (unpaired) electrons. The van der Waals surface area contributed by atoms with Crippen LogP contribution in [-0.2, 0) is 0 Å². The van der Waals surface area contributed by atoms with Gasteiger partial charge in [0.25, 0.3) is 5.91 Å². The smallest absolute Gasteiger partial charge is 0.256 e. The summed E-state index contributed by atoms with van der Waals surface area (Å²) in [4.78, 5) is 24.3. The Morgan fingerprint density at radius 3 is 2.50 bits per heavy atom. The van der Waals surface area contributed by atoms with Gasteiger partial charge in [0, 0.05) is 24.4 Å². The number of nitrogens with zero attached hydrogens (tertiary/aromatic N) is 3. The number of thiazole rings is 1. The van der Waals surface area contributed by atoms with Gasteiger partial charge in [-0.25, -0.2) is 4.98 Å². The second kappa shape index (κ2) is 11.6. The van der Waals surface area contributed by atoms with Crippen molar-refractivity contribution in [2.24, 2.45) is 4.99 Å². The fourth-order valence-electron chi connectivity index (χ4n) is 5.10. The Labute approximate surface area is 237 Å². The summed E-state index contributed by atoms with van der Waals surface area (Å²) in [6, 6.07) is 17.7. The Morgan fingerprint density at radius 2 is 1.70 bits per heavy atom. The van der Waals surface area contributed by atoms with Crippen molar-refractivity contribution in [2.45, 2.75) is 31.7 Å². The molecule has 4 aromatic rings. The number of amides is 1. The fourth-order valence-corrected chi connectivity index (χ4v) is 6.07. The van der Waals surface area contributed by atoms with Gasteiger partial charge >= 0.3 is 0 Å². The largest absolute Gasteiger partial charge is 0.493 e. The molecule has 0 N–H and O–H groups in total. The lowest BCUT2D eigenvalue weighted by atomic mass is 10.1. The van der Waals surface area contributed by atoms with Gasteiger partial charge in [-0.3, -0.25) is 9.79 Å². The highest BCUT2D eigenvalue weighted by Crippen LogP contribution is 2.39. The molecule has 1 saturated heterocycles. The summed E-state index contributed by atoms with van der Waals surface area (Å²) < 4.78 is 24.4. The number of carbonyl (C=O) groups is 1. The van der Waals surface area contributed by atoms with Crippen LogP contribution in [0.5, 0.6) is 23.0 Å². The van der Waals surface area contributed by atoms with Crippen LogP contribution in [0.4, 0.5) is 5.69 Å². The number of hydrogen-bond donors (Lipinski definition) is 0. The highest BCUT2D eigenvalue weighted by molar-refractivity contribution is 7.21. The van der Waals surface area contributed by atoms with Crippen molar-refractivity contribution < 1.29 is 23.7 Å². The Hall–Kier alpha value is -4.11. The summed E-state index contributed by atoms with van der Waals surface area (Å²) in [5.41, 5.74) is 3.18. The average Bonchev–Trinajstić information content (AvgIpc) is 3.62. The van der Waals surface area contributed by atoms with Crippen LogP contribution in [0.2, 0.25) is 0 Å². The van der Waals surface area contributed by atoms with Crippen molar-refractivity contribution in [3.8, 4) is 33.6 Å². The van der Waals surface area contributed by atoms with Crippen LogP contribution in [0.3, 0.4) is 0 Å². The summed E-state index contributed by atoms with van der Waals surface area (Å²) in [5, 5.41) is 0.951. The number of hydrogen-bond acceptors (Lipinski definition) is 8. The second-order valence-electron chi connectivity index (χ2n) is 9.76. The molecule has 0 saturated carbocycles. The lowest BCUT2D eigenvalue weighted by Crippen LogP contribution is -2.35. The summed E-state index contributed by atoms with van der Waals surface area (Å²) in [7, 11) is 3.23. The SMILES string of the molecule is COc1cc(-c2nc3ccccc3s2)ccc1OCCCCOc1cc2c(cc1OC)C(=O)N1CCC[C@H]1C=N2. The Kier molecular flexibility index (Phi) is 7.55. The standard InChI is InChI=1S/C31H31N3O5S/c1-36-26-16-20(30-33-23-9-3-4-10-29(23)40-30)11-12-25(26)38-14-5-6-15-39-28-18-24-22(17-27(28)37-2)31(35)34-13-7-8-21(34)19-32-24/h3-4,9-12,16-19,21H,5-8,13-15H2,1-2H3/t21-/m0/s1. The van der Waals surface area contributed by atoms with Crippen molar-refractivity contribution in [1.82, 2.24) is 9.88 Å². The van der Waals surface area contributed by atoms with E-state index in [2.05, 4.69) is 11.1 Å². The number of aromatic nitrogens is 1. The van der Waals surface area contributed by atoms with Crippen LogP contribution in [0.15, 0.2) is 59.6 Å². The van der Waals surface area contributed by atoms with Crippen LogP contribution in [0, 0.1) is 0 Å².